The average Bonchev–Trinajstić information content (AvgIpc) is 3.59. The van der Waals surface area contributed by atoms with Gasteiger partial charge >= 0.3 is 0 Å². The summed E-state index contributed by atoms with van der Waals surface area (Å²) in [5, 5.41) is 11.7. The van der Waals surface area contributed by atoms with Gasteiger partial charge in [-0.3, -0.25) is 9.59 Å². The molecule has 5 rings (SSSR count). The molecule has 190 valence electrons. The maximum absolute atomic E-state index is 14.0. The number of hydrogen-bond acceptors (Lipinski definition) is 5. The van der Waals surface area contributed by atoms with E-state index < -0.39 is 6.04 Å². The molecule has 2 amide bonds. The van der Waals surface area contributed by atoms with Gasteiger partial charge in [0.2, 0.25) is 11.8 Å². The Kier molecular flexibility index (Phi) is 7.32. The zero-order valence-electron chi connectivity index (χ0n) is 21.2. The molecule has 8 heteroatoms. The number of carbonyl (C=O) groups is 2. The Labute approximate surface area is 212 Å². The highest BCUT2D eigenvalue weighted by molar-refractivity contribution is 5.90. The van der Waals surface area contributed by atoms with Gasteiger partial charge in [0.25, 0.3) is 0 Å². The number of amides is 2. The van der Waals surface area contributed by atoms with Crippen LogP contribution in [-0.2, 0) is 9.59 Å². The first kappa shape index (κ1) is 24.4. The van der Waals surface area contributed by atoms with Crippen molar-refractivity contribution < 1.29 is 9.59 Å². The number of fused-ring (bicyclic) bond motifs is 1. The molecule has 0 unspecified atom stereocenters. The summed E-state index contributed by atoms with van der Waals surface area (Å²) in [6.07, 6.45) is 10.9. The van der Waals surface area contributed by atoms with Gasteiger partial charge in [-0.05, 0) is 69.3 Å². The summed E-state index contributed by atoms with van der Waals surface area (Å²) >= 11 is 0. The third-order valence-electron chi connectivity index (χ3n) is 7.90. The molecule has 3 heterocycles. The van der Waals surface area contributed by atoms with Gasteiger partial charge in [-0.25, -0.2) is 9.67 Å². The van der Waals surface area contributed by atoms with E-state index in [1.807, 2.05) is 59.1 Å². The molecule has 0 radical (unpaired) electrons. The summed E-state index contributed by atoms with van der Waals surface area (Å²) in [6.45, 7) is 2.53. The lowest BCUT2D eigenvalue weighted by molar-refractivity contribution is -0.139. The molecule has 3 atom stereocenters. The van der Waals surface area contributed by atoms with E-state index in [1.165, 1.54) is 6.42 Å². The highest BCUT2D eigenvalue weighted by atomic mass is 16.2. The molecule has 1 saturated heterocycles. The number of rotatable bonds is 7. The minimum atomic E-state index is -0.481. The predicted molar refractivity (Wildman–Crippen MR) is 140 cm³/mol. The third-order valence-corrected chi connectivity index (χ3v) is 7.90. The Morgan fingerprint density at radius 1 is 1.06 bits per heavy atom. The quantitative estimate of drug-likeness (QED) is 0.528. The molecule has 2 N–H and O–H groups in total. The Morgan fingerprint density at radius 3 is 2.67 bits per heavy atom. The second-order valence-corrected chi connectivity index (χ2v) is 10.1. The molecule has 0 spiro atoms. The average molecular weight is 489 g/mol. The highest BCUT2D eigenvalue weighted by Crippen LogP contribution is 2.35. The first-order valence-corrected chi connectivity index (χ1v) is 13.2. The number of nitrogens with one attached hydrogen (secondary N) is 2. The van der Waals surface area contributed by atoms with E-state index in [4.69, 9.17) is 0 Å². The van der Waals surface area contributed by atoms with Crippen LogP contribution in [0.4, 0.5) is 0 Å². The van der Waals surface area contributed by atoms with Crippen molar-refractivity contribution in [3.05, 3.63) is 54.4 Å². The fourth-order valence-corrected chi connectivity index (χ4v) is 5.73. The largest absolute Gasteiger partial charge is 0.343 e. The number of para-hydroxylation sites is 1. The lowest BCUT2D eigenvalue weighted by Gasteiger charge is -2.35. The Hall–Kier alpha value is -3.26. The van der Waals surface area contributed by atoms with Gasteiger partial charge in [0.15, 0.2) is 5.82 Å². The Bertz CT molecular complexity index is 1220. The normalized spacial score (nSPS) is 20.4. The lowest BCUT2D eigenvalue weighted by atomic mass is 9.83. The molecule has 8 nitrogen and oxygen atoms in total. The Balaban J connectivity index is 1.41. The van der Waals surface area contributed by atoms with Gasteiger partial charge in [-0.1, -0.05) is 37.5 Å². The van der Waals surface area contributed by atoms with E-state index in [-0.39, 0.29) is 29.8 Å². The SMILES string of the molecule is CN[C@@H](C)C(=O)N[C@H](C(=O)N1CCC[C@H]1c1ccnc(-n2ncc3ccccc32)c1)C1CCCCC1. The molecule has 0 bridgehead atoms. The number of nitrogens with zero attached hydrogens (tertiary/aromatic N) is 4. The molecule has 3 aromatic rings. The number of likely N-dealkylation sites (N-methyl/N-ethyl adjacent to an activating group) is 1. The summed E-state index contributed by atoms with van der Waals surface area (Å²) in [5.41, 5.74) is 2.06. The molecule has 1 saturated carbocycles. The molecule has 36 heavy (non-hydrogen) atoms. The van der Waals surface area contributed by atoms with E-state index in [0.717, 1.165) is 60.8 Å². The van der Waals surface area contributed by atoms with E-state index >= 15 is 0 Å². The lowest BCUT2D eigenvalue weighted by Crippen LogP contribution is -2.55. The molecule has 2 aliphatic rings. The summed E-state index contributed by atoms with van der Waals surface area (Å²) in [4.78, 5) is 33.4. The van der Waals surface area contributed by atoms with Crippen LogP contribution < -0.4 is 10.6 Å². The van der Waals surface area contributed by atoms with Gasteiger partial charge in [0, 0.05) is 18.1 Å². The van der Waals surface area contributed by atoms with Crippen LogP contribution in [-0.4, -0.2) is 57.2 Å². The first-order valence-electron chi connectivity index (χ1n) is 13.2. The Morgan fingerprint density at radius 2 is 1.86 bits per heavy atom. The van der Waals surface area contributed by atoms with Gasteiger partial charge in [0.05, 0.1) is 23.8 Å². The summed E-state index contributed by atoms with van der Waals surface area (Å²) < 4.78 is 1.85. The number of aromatic nitrogens is 3. The van der Waals surface area contributed by atoms with Crippen molar-refractivity contribution in [2.45, 2.75) is 70.0 Å². The summed E-state index contributed by atoms with van der Waals surface area (Å²) in [6, 6.07) is 11.3. The predicted octanol–water partition coefficient (Wildman–Crippen LogP) is 3.76. The van der Waals surface area contributed by atoms with Gasteiger partial charge < -0.3 is 15.5 Å². The van der Waals surface area contributed by atoms with Crippen LogP contribution >= 0.6 is 0 Å². The number of likely N-dealkylation sites (tertiary alicyclic amines) is 1. The molecular weight excluding hydrogens is 452 g/mol. The molecule has 1 aliphatic carbocycles. The number of hydrogen-bond donors (Lipinski definition) is 2. The molecule has 2 aromatic heterocycles. The van der Waals surface area contributed by atoms with Gasteiger partial charge in [0.1, 0.15) is 6.04 Å². The molecule has 1 aliphatic heterocycles. The third kappa shape index (κ3) is 4.87. The van der Waals surface area contributed by atoms with Crippen LogP contribution in [0.2, 0.25) is 0 Å². The molecule has 1 aromatic carbocycles. The van der Waals surface area contributed by atoms with Crippen LogP contribution in [0.15, 0.2) is 48.8 Å². The molecular formula is C28H36N6O2. The van der Waals surface area contributed by atoms with E-state index in [0.29, 0.717) is 6.54 Å². The monoisotopic (exact) mass is 488 g/mol. The van der Waals surface area contributed by atoms with Crippen molar-refractivity contribution in [3.63, 3.8) is 0 Å². The summed E-state index contributed by atoms with van der Waals surface area (Å²) in [7, 11) is 1.77. The highest BCUT2D eigenvalue weighted by Gasteiger charge is 2.39. The maximum Gasteiger partial charge on any atom is 0.245 e. The number of pyridine rings is 1. The van der Waals surface area contributed by atoms with Crippen molar-refractivity contribution in [1.29, 1.82) is 0 Å². The smallest absolute Gasteiger partial charge is 0.245 e. The van der Waals surface area contributed by atoms with Gasteiger partial charge in [-0.15, -0.1) is 0 Å². The van der Waals surface area contributed by atoms with E-state index in [1.54, 1.807) is 13.2 Å². The van der Waals surface area contributed by atoms with Gasteiger partial charge in [-0.2, -0.15) is 5.10 Å². The maximum atomic E-state index is 14.0. The fourth-order valence-electron chi connectivity index (χ4n) is 5.73. The fraction of sp³-hybridized carbons (Fsp3) is 0.500. The standard InChI is InChI=1S/C28H36N6O2/c1-19(29-2)27(35)32-26(20-9-4-3-5-10-20)28(36)33-16-8-13-23(33)21-14-15-30-25(17-21)34-24-12-7-6-11-22(24)18-31-34/h6-7,11-12,14-15,17-20,23,26,29H,3-5,8-10,13,16H2,1-2H3,(H,32,35)/t19-,23-,26-/m0/s1. The topological polar surface area (TPSA) is 92.2 Å². The van der Waals surface area contributed by atoms with Crippen molar-refractivity contribution in [1.82, 2.24) is 30.3 Å². The zero-order chi connectivity index (χ0) is 25.1. The van der Waals surface area contributed by atoms with Crippen molar-refractivity contribution in [2.24, 2.45) is 5.92 Å². The van der Waals surface area contributed by atoms with Crippen molar-refractivity contribution in [3.8, 4) is 5.82 Å². The van der Waals surface area contributed by atoms with Crippen LogP contribution in [0, 0.1) is 5.92 Å². The van der Waals surface area contributed by atoms with E-state index in [9.17, 15) is 9.59 Å². The second-order valence-electron chi connectivity index (χ2n) is 10.1. The number of benzene rings is 1. The minimum Gasteiger partial charge on any atom is -0.343 e. The van der Waals surface area contributed by atoms with Crippen molar-refractivity contribution in [2.75, 3.05) is 13.6 Å². The van der Waals surface area contributed by atoms with E-state index in [2.05, 4.69) is 20.7 Å². The van der Waals surface area contributed by atoms with Crippen molar-refractivity contribution >= 4 is 22.7 Å². The van der Waals surface area contributed by atoms with Crippen LogP contribution in [0.5, 0.6) is 0 Å². The summed E-state index contributed by atoms with van der Waals surface area (Å²) in [5.74, 6) is 0.856. The molecule has 2 fully saturated rings. The van der Waals surface area contributed by atoms with Crippen LogP contribution in [0.25, 0.3) is 16.7 Å². The van der Waals surface area contributed by atoms with Crippen LogP contribution in [0.1, 0.15) is 63.5 Å². The minimum absolute atomic E-state index is 0.0363. The zero-order valence-corrected chi connectivity index (χ0v) is 21.2. The number of carbonyl (C=O) groups excluding carboxylic acids is 2. The first-order chi connectivity index (χ1) is 17.6. The second kappa shape index (κ2) is 10.8. The van der Waals surface area contributed by atoms with Crippen LogP contribution in [0.3, 0.4) is 0 Å².